The molecule has 0 spiro atoms. The zero-order valence-corrected chi connectivity index (χ0v) is 13.1. The van der Waals surface area contributed by atoms with Crippen molar-refractivity contribution >= 4 is 29.1 Å². The van der Waals surface area contributed by atoms with Crippen LogP contribution in [0.3, 0.4) is 0 Å². The number of hydrogen-bond donors (Lipinski definition) is 0. The summed E-state index contributed by atoms with van der Waals surface area (Å²) in [6, 6.07) is 3.02. The summed E-state index contributed by atoms with van der Waals surface area (Å²) >= 11 is 5.60. The van der Waals surface area contributed by atoms with Crippen molar-refractivity contribution in [3.8, 4) is 0 Å². The van der Waals surface area contributed by atoms with Crippen molar-refractivity contribution in [2.45, 2.75) is 24.8 Å². The summed E-state index contributed by atoms with van der Waals surface area (Å²) in [5.74, 6) is -2.50. The van der Waals surface area contributed by atoms with Gasteiger partial charge in [0.2, 0.25) is 11.8 Å². The number of carbonyl (C=O) groups excluding carboxylic acids is 2. The van der Waals surface area contributed by atoms with Gasteiger partial charge >= 0.3 is 6.18 Å². The molecule has 0 unspecified atom stereocenters. The van der Waals surface area contributed by atoms with Gasteiger partial charge in [0.1, 0.15) is 0 Å². The highest BCUT2D eigenvalue weighted by Crippen LogP contribution is 2.52. The number of ether oxygens (including phenoxy) is 1. The number of alkyl halides is 3. The number of rotatable bonds is 1. The fourth-order valence-electron chi connectivity index (χ4n) is 3.78. The van der Waals surface area contributed by atoms with Gasteiger partial charge in [0.15, 0.2) is 0 Å². The molecule has 3 aliphatic heterocycles. The van der Waals surface area contributed by atoms with E-state index in [2.05, 4.69) is 0 Å². The van der Waals surface area contributed by atoms with Crippen molar-refractivity contribution < 1.29 is 27.5 Å². The van der Waals surface area contributed by atoms with E-state index in [0.717, 1.165) is 17.0 Å². The quantitative estimate of drug-likeness (QED) is 0.573. The second-order valence-corrected chi connectivity index (χ2v) is 6.71. The average Bonchev–Trinajstić information content (AvgIpc) is 3.08. The molecule has 3 aliphatic rings. The molecule has 24 heavy (non-hydrogen) atoms. The van der Waals surface area contributed by atoms with Crippen molar-refractivity contribution in [1.29, 1.82) is 0 Å². The Hall–Kier alpha value is -1.86. The fourth-order valence-corrected chi connectivity index (χ4v) is 4.00. The highest BCUT2D eigenvalue weighted by molar-refractivity contribution is 6.31. The largest absolute Gasteiger partial charge is 0.417 e. The van der Waals surface area contributed by atoms with E-state index in [0.29, 0.717) is 0 Å². The molecule has 4 atom stereocenters. The Morgan fingerprint density at radius 2 is 1.96 bits per heavy atom. The third-order valence-corrected chi connectivity index (χ3v) is 5.17. The SMILES string of the molecule is C[C@@]12C=C[C@H](O1)[C@@H]1C(=O)N(c3ccc(Cl)c(C(F)(F)F)c3)C(=O)[C@@H]12. The van der Waals surface area contributed by atoms with Crippen LogP contribution in [0.15, 0.2) is 30.4 Å². The minimum Gasteiger partial charge on any atom is -0.362 e. The molecule has 2 bridgehead atoms. The maximum absolute atomic E-state index is 13.0. The van der Waals surface area contributed by atoms with Gasteiger partial charge in [-0.2, -0.15) is 13.2 Å². The topological polar surface area (TPSA) is 46.6 Å². The normalized spacial score (nSPS) is 34.4. The molecule has 0 saturated carbocycles. The minimum atomic E-state index is -4.68. The van der Waals surface area contributed by atoms with Crippen LogP contribution in [0.1, 0.15) is 12.5 Å². The van der Waals surface area contributed by atoms with E-state index in [9.17, 15) is 22.8 Å². The van der Waals surface area contributed by atoms with E-state index >= 15 is 0 Å². The number of amides is 2. The lowest BCUT2D eigenvalue weighted by Crippen LogP contribution is -2.38. The summed E-state index contributed by atoms with van der Waals surface area (Å²) < 4.78 is 44.8. The second-order valence-electron chi connectivity index (χ2n) is 6.30. The molecule has 2 amide bonds. The number of anilines is 1. The van der Waals surface area contributed by atoms with E-state index in [-0.39, 0.29) is 5.69 Å². The zero-order valence-electron chi connectivity index (χ0n) is 12.3. The van der Waals surface area contributed by atoms with E-state index < -0.39 is 52.1 Å². The number of imide groups is 1. The lowest BCUT2D eigenvalue weighted by molar-refractivity contribution is -0.137. The van der Waals surface area contributed by atoms with Crippen molar-refractivity contribution in [2.75, 3.05) is 4.90 Å². The van der Waals surface area contributed by atoms with Crippen LogP contribution in [0.25, 0.3) is 0 Å². The van der Waals surface area contributed by atoms with Gasteiger partial charge in [-0.1, -0.05) is 23.8 Å². The van der Waals surface area contributed by atoms with Gasteiger partial charge in [-0.15, -0.1) is 0 Å². The zero-order chi connectivity index (χ0) is 17.4. The molecular weight excluding hydrogens is 347 g/mol. The molecule has 0 aromatic heterocycles. The summed E-state index contributed by atoms with van der Waals surface area (Å²) in [7, 11) is 0. The van der Waals surface area contributed by atoms with Gasteiger partial charge in [-0.05, 0) is 25.1 Å². The first-order chi connectivity index (χ1) is 11.1. The molecule has 0 radical (unpaired) electrons. The van der Waals surface area contributed by atoms with E-state index in [1.165, 1.54) is 6.07 Å². The summed E-state index contributed by atoms with van der Waals surface area (Å²) in [6.45, 7) is 1.70. The third kappa shape index (κ3) is 1.91. The predicted octanol–water partition coefficient (Wildman–Crippen LogP) is 3.19. The van der Waals surface area contributed by atoms with Crippen LogP contribution in [-0.2, 0) is 20.5 Å². The van der Waals surface area contributed by atoms with E-state index in [4.69, 9.17) is 16.3 Å². The van der Waals surface area contributed by atoms with Gasteiger partial charge in [0.05, 0.1) is 39.8 Å². The second kappa shape index (κ2) is 4.61. The van der Waals surface area contributed by atoms with Gasteiger partial charge in [0, 0.05) is 0 Å². The molecule has 126 valence electrons. The average molecular weight is 358 g/mol. The molecular formula is C16H11ClF3NO3. The summed E-state index contributed by atoms with van der Waals surface area (Å²) in [6.07, 6.45) is -1.74. The Morgan fingerprint density at radius 3 is 2.58 bits per heavy atom. The standard InChI is InChI=1S/C16H11ClF3NO3/c1-15-5-4-10(24-15)11-12(15)14(23)21(13(11)22)7-2-3-9(17)8(6-7)16(18,19)20/h2-6,10-12H,1H3/t10-,11-,12+,15-/m0/s1. The van der Waals surface area contributed by atoms with Crippen LogP contribution in [-0.4, -0.2) is 23.5 Å². The highest BCUT2D eigenvalue weighted by atomic mass is 35.5. The lowest BCUT2D eigenvalue weighted by Gasteiger charge is -2.24. The van der Waals surface area contributed by atoms with Gasteiger partial charge < -0.3 is 4.74 Å². The number of fused-ring (bicyclic) bond motifs is 5. The number of hydrogen-bond acceptors (Lipinski definition) is 3. The molecule has 2 fully saturated rings. The van der Waals surface area contributed by atoms with Crippen LogP contribution in [0.4, 0.5) is 18.9 Å². The number of nitrogens with zero attached hydrogens (tertiary/aromatic N) is 1. The fraction of sp³-hybridized carbons (Fsp3) is 0.375. The van der Waals surface area contributed by atoms with E-state index in [1.807, 2.05) is 0 Å². The van der Waals surface area contributed by atoms with Gasteiger partial charge in [-0.25, -0.2) is 4.90 Å². The Kier molecular flexibility index (Phi) is 3.01. The van der Waals surface area contributed by atoms with Gasteiger partial charge in [-0.3, -0.25) is 9.59 Å². The first kappa shape index (κ1) is 15.7. The monoisotopic (exact) mass is 357 g/mol. The first-order valence-electron chi connectivity index (χ1n) is 7.25. The Morgan fingerprint density at radius 1 is 1.25 bits per heavy atom. The molecule has 0 aliphatic carbocycles. The smallest absolute Gasteiger partial charge is 0.362 e. The van der Waals surface area contributed by atoms with Crippen molar-refractivity contribution in [3.63, 3.8) is 0 Å². The number of benzene rings is 1. The summed E-state index contributed by atoms with van der Waals surface area (Å²) in [5, 5.41) is -0.484. The van der Waals surface area contributed by atoms with E-state index in [1.54, 1.807) is 19.1 Å². The van der Waals surface area contributed by atoms with Crippen LogP contribution < -0.4 is 4.90 Å². The predicted molar refractivity (Wildman–Crippen MR) is 78.3 cm³/mol. The molecule has 8 heteroatoms. The summed E-state index contributed by atoms with van der Waals surface area (Å²) in [5.41, 5.74) is -2.10. The first-order valence-corrected chi connectivity index (χ1v) is 7.63. The van der Waals surface area contributed by atoms with Crippen LogP contribution >= 0.6 is 11.6 Å². The third-order valence-electron chi connectivity index (χ3n) is 4.84. The van der Waals surface area contributed by atoms with Crippen molar-refractivity contribution in [3.05, 3.63) is 40.9 Å². The molecule has 2 saturated heterocycles. The van der Waals surface area contributed by atoms with Crippen LogP contribution in [0.2, 0.25) is 5.02 Å². The van der Waals surface area contributed by atoms with Crippen molar-refractivity contribution in [1.82, 2.24) is 0 Å². The molecule has 0 N–H and O–H groups in total. The molecule has 1 aromatic rings. The molecule has 4 rings (SSSR count). The van der Waals surface area contributed by atoms with Crippen LogP contribution in [0.5, 0.6) is 0 Å². The number of carbonyl (C=O) groups is 2. The Labute approximate surface area is 139 Å². The van der Waals surface area contributed by atoms with Crippen molar-refractivity contribution in [2.24, 2.45) is 11.8 Å². The molecule has 1 aromatic carbocycles. The van der Waals surface area contributed by atoms with Gasteiger partial charge in [0.25, 0.3) is 0 Å². The Bertz CT molecular complexity index is 806. The van der Waals surface area contributed by atoms with Crippen LogP contribution in [0, 0.1) is 11.8 Å². The maximum atomic E-state index is 13.0. The minimum absolute atomic E-state index is 0.126. The lowest BCUT2D eigenvalue weighted by atomic mass is 9.78. The Balaban J connectivity index is 1.77. The highest BCUT2D eigenvalue weighted by Gasteiger charge is 2.66. The maximum Gasteiger partial charge on any atom is 0.417 e. The number of halogens is 4. The molecule has 3 heterocycles. The molecule has 4 nitrogen and oxygen atoms in total. The summed E-state index contributed by atoms with van der Waals surface area (Å²) in [4.78, 5) is 26.2.